The van der Waals surface area contributed by atoms with Crippen LogP contribution in [0.25, 0.3) is 11.0 Å². The highest BCUT2D eigenvalue weighted by Gasteiger charge is 2.29. The van der Waals surface area contributed by atoms with E-state index in [1.165, 1.54) is 0 Å². The molecule has 0 radical (unpaired) electrons. The van der Waals surface area contributed by atoms with Crippen LogP contribution in [0.4, 0.5) is 5.69 Å². The van der Waals surface area contributed by atoms with Gasteiger partial charge in [0.1, 0.15) is 11.9 Å². The number of imidazole rings is 1. The Morgan fingerprint density at radius 3 is 2.73 bits per heavy atom. The third-order valence-corrected chi connectivity index (χ3v) is 5.22. The first-order chi connectivity index (χ1) is 14.5. The van der Waals surface area contributed by atoms with Gasteiger partial charge in [0.15, 0.2) is 0 Å². The van der Waals surface area contributed by atoms with Gasteiger partial charge < -0.3 is 20.5 Å². The monoisotopic (exact) mass is 405 g/mol. The molecule has 0 saturated heterocycles. The number of fused-ring (bicyclic) bond motifs is 2. The molecule has 1 aliphatic rings. The van der Waals surface area contributed by atoms with Crippen LogP contribution in [0.5, 0.6) is 0 Å². The number of hydrogen-bond donors (Lipinski definition) is 3. The number of nitrogens with zero attached hydrogens (tertiary/aromatic N) is 2. The summed E-state index contributed by atoms with van der Waals surface area (Å²) in [5, 5.41) is 8.15. The molecule has 154 valence electrons. The SMILES string of the molecule is Cn1c(CCCNC(=O)C[C@@H]2NC(=O)c3ccccc3NC2=O)nc2ccccc21. The van der Waals surface area contributed by atoms with Crippen molar-refractivity contribution in [3.05, 3.63) is 59.9 Å². The van der Waals surface area contributed by atoms with Crippen LogP contribution in [0, 0.1) is 0 Å². The summed E-state index contributed by atoms with van der Waals surface area (Å²) in [7, 11) is 1.98. The van der Waals surface area contributed by atoms with Crippen LogP contribution in [-0.4, -0.2) is 39.9 Å². The van der Waals surface area contributed by atoms with Crippen molar-refractivity contribution in [3.8, 4) is 0 Å². The van der Waals surface area contributed by atoms with Crippen molar-refractivity contribution >= 4 is 34.4 Å². The first kappa shape index (κ1) is 19.6. The Morgan fingerprint density at radius 1 is 1.13 bits per heavy atom. The van der Waals surface area contributed by atoms with Gasteiger partial charge in [-0.05, 0) is 30.7 Å². The van der Waals surface area contributed by atoms with Crippen molar-refractivity contribution in [2.24, 2.45) is 7.05 Å². The molecule has 8 heteroatoms. The highest BCUT2D eigenvalue weighted by molar-refractivity contribution is 6.10. The molecule has 3 amide bonds. The lowest BCUT2D eigenvalue weighted by Gasteiger charge is -2.14. The summed E-state index contributed by atoms with van der Waals surface area (Å²) in [4.78, 5) is 41.6. The van der Waals surface area contributed by atoms with E-state index in [-0.39, 0.29) is 18.2 Å². The lowest BCUT2D eigenvalue weighted by molar-refractivity contribution is -0.125. The van der Waals surface area contributed by atoms with Crippen LogP contribution in [0.3, 0.4) is 0 Å². The average Bonchev–Trinajstić information content (AvgIpc) is 3.00. The molecule has 3 aromatic rings. The van der Waals surface area contributed by atoms with Crippen molar-refractivity contribution < 1.29 is 14.4 Å². The van der Waals surface area contributed by atoms with Crippen molar-refractivity contribution in [1.82, 2.24) is 20.2 Å². The molecule has 30 heavy (non-hydrogen) atoms. The fraction of sp³-hybridized carbons (Fsp3) is 0.273. The molecule has 0 fully saturated rings. The highest BCUT2D eigenvalue weighted by Crippen LogP contribution is 2.19. The molecule has 1 aliphatic heterocycles. The van der Waals surface area contributed by atoms with E-state index in [1.54, 1.807) is 24.3 Å². The summed E-state index contributed by atoms with van der Waals surface area (Å²) in [6.45, 7) is 0.463. The first-order valence-electron chi connectivity index (χ1n) is 9.90. The molecule has 1 atom stereocenters. The highest BCUT2D eigenvalue weighted by atomic mass is 16.2. The van der Waals surface area contributed by atoms with E-state index in [2.05, 4.69) is 25.5 Å². The maximum absolute atomic E-state index is 12.4. The Morgan fingerprint density at radius 2 is 1.90 bits per heavy atom. The average molecular weight is 405 g/mol. The number of para-hydroxylation sites is 3. The normalized spacial score (nSPS) is 15.8. The lowest BCUT2D eigenvalue weighted by atomic mass is 10.1. The van der Waals surface area contributed by atoms with Gasteiger partial charge in [-0.25, -0.2) is 4.98 Å². The van der Waals surface area contributed by atoms with Gasteiger partial charge in [0.2, 0.25) is 11.8 Å². The van der Waals surface area contributed by atoms with E-state index in [4.69, 9.17) is 0 Å². The molecule has 1 aromatic heterocycles. The van der Waals surface area contributed by atoms with Crippen LogP contribution in [0.1, 0.15) is 29.0 Å². The predicted octanol–water partition coefficient (Wildman–Crippen LogP) is 1.76. The number of carbonyl (C=O) groups excluding carboxylic acids is 3. The van der Waals surface area contributed by atoms with Crippen LogP contribution in [0.15, 0.2) is 48.5 Å². The predicted molar refractivity (Wildman–Crippen MR) is 113 cm³/mol. The summed E-state index contributed by atoms with van der Waals surface area (Å²) >= 11 is 0. The van der Waals surface area contributed by atoms with Crippen molar-refractivity contribution in [2.75, 3.05) is 11.9 Å². The second-order valence-corrected chi connectivity index (χ2v) is 7.29. The molecule has 0 spiro atoms. The Kier molecular flexibility index (Phi) is 5.47. The molecule has 2 aromatic carbocycles. The number of rotatable bonds is 6. The van der Waals surface area contributed by atoms with Gasteiger partial charge in [0.05, 0.1) is 28.7 Å². The second kappa shape index (κ2) is 8.36. The largest absolute Gasteiger partial charge is 0.356 e. The molecule has 2 heterocycles. The van der Waals surface area contributed by atoms with Crippen molar-refractivity contribution in [3.63, 3.8) is 0 Å². The molecule has 8 nitrogen and oxygen atoms in total. The smallest absolute Gasteiger partial charge is 0.254 e. The Hall–Kier alpha value is -3.68. The number of carbonyl (C=O) groups is 3. The Balaban J connectivity index is 1.28. The van der Waals surface area contributed by atoms with Crippen LogP contribution in [-0.2, 0) is 23.1 Å². The first-order valence-corrected chi connectivity index (χ1v) is 9.90. The van der Waals surface area contributed by atoms with Crippen LogP contribution >= 0.6 is 0 Å². The molecule has 4 rings (SSSR count). The summed E-state index contributed by atoms with van der Waals surface area (Å²) < 4.78 is 2.06. The van der Waals surface area contributed by atoms with E-state index in [9.17, 15) is 14.4 Å². The number of amides is 3. The van der Waals surface area contributed by atoms with E-state index >= 15 is 0 Å². The number of benzene rings is 2. The van der Waals surface area contributed by atoms with Gasteiger partial charge >= 0.3 is 0 Å². The molecule has 0 saturated carbocycles. The minimum Gasteiger partial charge on any atom is -0.356 e. The molecule has 0 bridgehead atoms. The van der Waals surface area contributed by atoms with E-state index < -0.39 is 11.9 Å². The van der Waals surface area contributed by atoms with Gasteiger partial charge in [-0.15, -0.1) is 0 Å². The number of aromatic nitrogens is 2. The number of nitrogens with one attached hydrogen (secondary N) is 3. The number of aryl methyl sites for hydroxylation is 2. The number of hydrogen-bond acceptors (Lipinski definition) is 4. The fourth-order valence-electron chi connectivity index (χ4n) is 3.61. The van der Waals surface area contributed by atoms with Gasteiger partial charge in [-0.3, -0.25) is 14.4 Å². The van der Waals surface area contributed by atoms with Crippen molar-refractivity contribution in [2.45, 2.75) is 25.3 Å². The summed E-state index contributed by atoms with van der Waals surface area (Å²) in [6.07, 6.45) is 1.33. The number of anilines is 1. The summed E-state index contributed by atoms with van der Waals surface area (Å²) in [5.74, 6) is -0.100. The van der Waals surface area contributed by atoms with Gasteiger partial charge in [-0.2, -0.15) is 0 Å². The minimum atomic E-state index is -0.912. The van der Waals surface area contributed by atoms with Crippen LogP contribution in [0.2, 0.25) is 0 Å². The van der Waals surface area contributed by atoms with Crippen molar-refractivity contribution in [1.29, 1.82) is 0 Å². The summed E-state index contributed by atoms with van der Waals surface area (Å²) in [6, 6.07) is 13.8. The Bertz CT molecular complexity index is 1120. The maximum Gasteiger partial charge on any atom is 0.254 e. The lowest BCUT2D eigenvalue weighted by Crippen LogP contribution is -2.44. The third-order valence-electron chi connectivity index (χ3n) is 5.22. The van der Waals surface area contributed by atoms with E-state index in [0.717, 1.165) is 29.7 Å². The molecular formula is C22H23N5O3. The zero-order chi connectivity index (χ0) is 21.1. The zero-order valence-electron chi connectivity index (χ0n) is 16.6. The van der Waals surface area contributed by atoms with E-state index in [1.807, 2.05) is 31.3 Å². The maximum atomic E-state index is 12.4. The summed E-state index contributed by atoms with van der Waals surface area (Å²) in [5.41, 5.74) is 2.87. The molecule has 0 unspecified atom stereocenters. The van der Waals surface area contributed by atoms with Gasteiger partial charge in [0.25, 0.3) is 5.91 Å². The third kappa shape index (κ3) is 4.03. The second-order valence-electron chi connectivity index (χ2n) is 7.29. The molecular weight excluding hydrogens is 382 g/mol. The van der Waals surface area contributed by atoms with E-state index in [0.29, 0.717) is 17.8 Å². The van der Waals surface area contributed by atoms with Gasteiger partial charge in [-0.1, -0.05) is 24.3 Å². The molecule has 0 aliphatic carbocycles. The standard InChI is InChI=1S/C22H23N5O3/c1-27-18-10-5-4-9-16(18)24-19(27)11-6-12-23-20(28)13-17-22(30)25-15-8-3-2-7-14(15)21(29)26-17/h2-5,7-10,17H,6,11-13H2,1H3,(H,23,28)(H,25,30)(H,26,29)/t17-/m0/s1. The quantitative estimate of drug-likeness (QED) is 0.544. The zero-order valence-corrected chi connectivity index (χ0v) is 16.6. The minimum absolute atomic E-state index is 0.113. The van der Waals surface area contributed by atoms with Gasteiger partial charge in [0, 0.05) is 20.0 Å². The molecule has 3 N–H and O–H groups in total. The van der Waals surface area contributed by atoms with Crippen LogP contribution < -0.4 is 16.0 Å². The Labute approximate surface area is 173 Å². The topological polar surface area (TPSA) is 105 Å². The fourth-order valence-corrected chi connectivity index (χ4v) is 3.61.